The third kappa shape index (κ3) is 2.40. The molecule has 0 spiro atoms. The van der Waals surface area contributed by atoms with E-state index < -0.39 is 0 Å². The molecule has 0 saturated heterocycles. The van der Waals surface area contributed by atoms with Crippen LogP contribution in [0.1, 0.15) is 18.5 Å². The van der Waals surface area contributed by atoms with E-state index in [1.807, 2.05) is 42.5 Å². The van der Waals surface area contributed by atoms with Crippen molar-refractivity contribution in [2.24, 2.45) is 0 Å². The number of fused-ring (bicyclic) bond motifs is 1. The SMILES string of the molecule is C[C@@H](Nc1ncnc2ccccc12)c1ccccc1. The first kappa shape index (κ1) is 11.7. The van der Waals surface area contributed by atoms with Crippen molar-refractivity contribution in [3.05, 3.63) is 66.5 Å². The van der Waals surface area contributed by atoms with Crippen LogP contribution in [0.3, 0.4) is 0 Å². The van der Waals surface area contributed by atoms with Crippen LogP contribution in [-0.2, 0) is 0 Å². The molecule has 0 aliphatic carbocycles. The van der Waals surface area contributed by atoms with Crippen LogP contribution in [0.2, 0.25) is 0 Å². The van der Waals surface area contributed by atoms with Gasteiger partial charge in [-0.25, -0.2) is 9.97 Å². The van der Waals surface area contributed by atoms with Gasteiger partial charge in [-0.05, 0) is 24.6 Å². The average molecular weight is 249 g/mol. The number of hydrogen-bond donors (Lipinski definition) is 1. The van der Waals surface area contributed by atoms with Crippen LogP contribution in [0.5, 0.6) is 0 Å². The van der Waals surface area contributed by atoms with E-state index in [1.54, 1.807) is 6.33 Å². The maximum atomic E-state index is 4.35. The molecule has 94 valence electrons. The second-order valence-electron chi connectivity index (χ2n) is 4.52. The summed E-state index contributed by atoms with van der Waals surface area (Å²) in [4.78, 5) is 8.62. The van der Waals surface area contributed by atoms with E-state index in [9.17, 15) is 0 Å². The van der Waals surface area contributed by atoms with Crippen LogP contribution in [0.25, 0.3) is 10.9 Å². The maximum absolute atomic E-state index is 4.35. The van der Waals surface area contributed by atoms with Crippen LogP contribution in [0.15, 0.2) is 60.9 Å². The zero-order valence-electron chi connectivity index (χ0n) is 10.7. The zero-order chi connectivity index (χ0) is 13.1. The van der Waals surface area contributed by atoms with E-state index in [-0.39, 0.29) is 6.04 Å². The van der Waals surface area contributed by atoms with Crippen LogP contribution < -0.4 is 5.32 Å². The van der Waals surface area contributed by atoms with Gasteiger partial charge in [-0.1, -0.05) is 42.5 Å². The summed E-state index contributed by atoms with van der Waals surface area (Å²) < 4.78 is 0. The maximum Gasteiger partial charge on any atom is 0.137 e. The molecule has 3 nitrogen and oxygen atoms in total. The minimum atomic E-state index is 0.208. The predicted octanol–water partition coefficient (Wildman–Crippen LogP) is 3.80. The minimum Gasteiger partial charge on any atom is -0.363 e. The summed E-state index contributed by atoms with van der Waals surface area (Å²) in [5.74, 6) is 0.877. The molecule has 3 rings (SSSR count). The summed E-state index contributed by atoms with van der Waals surface area (Å²) in [6.07, 6.45) is 1.60. The lowest BCUT2D eigenvalue weighted by Crippen LogP contribution is -2.08. The summed E-state index contributed by atoms with van der Waals surface area (Å²) in [6, 6.07) is 18.6. The lowest BCUT2D eigenvalue weighted by atomic mass is 10.1. The van der Waals surface area contributed by atoms with Crippen LogP contribution in [0, 0.1) is 0 Å². The normalized spacial score (nSPS) is 12.3. The highest BCUT2D eigenvalue weighted by Crippen LogP contribution is 2.23. The summed E-state index contributed by atoms with van der Waals surface area (Å²) >= 11 is 0. The fourth-order valence-electron chi connectivity index (χ4n) is 2.15. The van der Waals surface area contributed by atoms with Gasteiger partial charge >= 0.3 is 0 Å². The van der Waals surface area contributed by atoms with E-state index in [2.05, 4.69) is 34.3 Å². The van der Waals surface area contributed by atoms with Crippen LogP contribution in [0.4, 0.5) is 5.82 Å². The van der Waals surface area contributed by atoms with E-state index in [0.29, 0.717) is 0 Å². The number of para-hydroxylation sites is 1. The number of hydrogen-bond acceptors (Lipinski definition) is 3. The number of nitrogens with one attached hydrogen (secondary N) is 1. The first-order chi connectivity index (χ1) is 9.34. The van der Waals surface area contributed by atoms with E-state index in [0.717, 1.165) is 16.7 Å². The Labute approximate surface area is 112 Å². The van der Waals surface area contributed by atoms with Crippen molar-refractivity contribution in [2.45, 2.75) is 13.0 Å². The lowest BCUT2D eigenvalue weighted by Gasteiger charge is -2.16. The average Bonchev–Trinajstić information content (AvgIpc) is 2.48. The summed E-state index contributed by atoms with van der Waals surface area (Å²) in [5.41, 5.74) is 2.20. The van der Waals surface area contributed by atoms with Crippen molar-refractivity contribution in [2.75, 3.05) is 5.32 Å². The van der Waals surface area contributed by atoms with Crippen molar-refractivity contribution in [3.8, 4) is 0 Å². The van der Waals surface area contributed by atoms with Gasteiger partial charge in [-0.3, -0.25) is 0 Å². The highest BCUT2D eigenvalue weighted by molar-refractivity contribution is 5.88. The highest BCUT2D eigenvalue weighted by atomic mass is 15.0. The molecule has 3 aromatic rings. The molecular formula is C16H15N3. The van der Waals surface area contributed by atoms with Gasteiger partial charge in [0, 0.05) is 11.4 Å². The summed E-state index contributed by atoms with van der Waals surface area (Å²) in [7, 11) is 0. The molecule has 0 bridgehead atoms. The number of aromatic nitrogens is 2. The van der Waals surface area contributed by atoms with Crippen molar-refractivity contribution in [1.82, 2.24) is 9.97 Å². The zero-order valence-corrected chi connectivity index (χ0v) is 10.7. The Balaban J connectivity index is 1.94. The molecule has 1 aromatic heterocycles. The Morgan fingerprint density at radius 2 is 1.63 bits per heavy atom. The Bertz CT molecular complexity index is 674. The molecule has 0 aliphatic heterocycles. The molecule has 3 heteroatoms. The van der Waals surface area contributed by atoms with Crippen molar-refractivity contribution < 1.29 is 0 Å². The quantitative estimate of drug-likeness (QED) is 0.767. The van der Waals surface area contributed by atoms with Gasteiger partial charge in [0.25, 0.3) is 0 Å². The molecule has 0 aliphatic rings. The van der Waals surface area contributed by atoms with E-state index in [4.69, 9.17) is 0 Å². The first-order valence-electron chi connectivity index (χ1n) is 6.36. The van der Waals surface area contributed by atoms with Gasteiger partial charge in [0.1, 0.15) is 12.1 Å². The second kappa shape index (κ2) is 5.06. The standard InChI is InChI=1S/C16H15N3/c1-12(13-7-3-2-4-8-13)19-16-14-9-5-6-10-15(14)17-11-18-16/h2-12H,1H3,(H,17,18,19)/t12-/m1/s1. The summed E-state index contributed by atoms with van der Waals surface area (Å²) in [6.45, 7) is 2.13. The predicted molar refractivity (Wildman–Crippen MR) is 78.0 cm³/mol. The van der Waals surface area contributed by atoms with Gasteiger partial charge in [0.15, 0.2) is 0 Å². The molecule has 1 heterocycles. The Hall–Kier alpha value is -2.42. The van der Waals surface area contributed by atoms with Gasteiger partial charge in [0.05, 0.1) is 5.52 Å². The molecule has 1 atom stereocenters. The van der Waals surface area contributed by atoms with E-state index in [1.165, 1.54) is 5.56 Å². The monoisotopic (exact) mass is 249 g/mol. The first-order valence-corrected chi connectivity index (χ1v) is 6.36. The summed E-state index contributed by atoms with van der Waals surface area (Å²) in [5, 5.41) is 4.50. The Morgan fingerprint density at radius 3 is 2.47 bits per heavy atom. The molecule has 19 heavy (non-hydrogen) atoms. The van der Waals surface area contributed by atoms with Gasteiger partial charge in [-0.2, -0.15) is 0 Å². The lowest BCUT2D eigenvalue weighted by molar-refractivity contribution is 0.876. The molecular weight excluding hydrogens is 234 g/mol. The second-order valence-corrected chi connectivity index (χ2v) is 4.52. The minimum absolute atomic E-state index is 0.208. The van der Waals surface area contributed by atoms with Crippen LogP contribution in [-0.4, -0.2) is 9.97 Å². The molecule has 0 saturated carbocycles. The van der Waals surface area contributed by atoms with Crippen molar-refractivity contribution in [1.29, 1.82) is 0 Å². The van der Waals surface area contributed by atoms with Gasteiger partial charge in [0.2, 0.25) is 0 Å². The number of anilines is 1. The molecule has 0 amide bonds. The molecule has 1 N–H and O–H groups in total. The fraction of sp³-hybridized carbons (Fsp3) is 0.125. The Kier molecular flexibility index (Phi) is 3.11. The van der Waals surface area contributed by atoms with Crippen molar-refractivity contribution >= 4 is 16.7 Å². The molecule has 0 fully saturated rings. The fourth-order valence-corrected chi connectivity index (χ4v) is 2.15. The molecule has 0 unspecified atom stereocenters. The van der Waals surface area contributed by atoms with Gasteiger partial charge < -0.3 is 5.32 Å². The van der Waals surface area contributed by atoms with Crippen molar-refractivity contribution in [3.63, 3.8) is 0 Å². The van der Waals surface area contributed by atoms with Gasteiger partial charge in [-0.15, -0.1) is 0 Å². The topological polar surface area (TPSA) is 37.8 Å². The third-order valence-corrected chi connectivity index (χ3v) is 3.20. The van der Waals surface area contributed by atoms with Crippen LogP contribution >= 0.6 is 0 Å². The number of nitrogens with zero attached hydrogens (tertiary/aromatic N) is 2. The molecule has 2 aromatic carbocycles. The molecule has 0 radical (unpaired) electrons. The smallest absolute Gasteiger partial charge is 0.137 e. The van der Waals surface area contributed by atoms with E-state index >= 15 is 0 Å². The highest BCUT2D eigenvalue weighted by Gasteiger charge is 2.08. The number of benzene rings is 2. The largest absolute Gasteiger partial charge is 0.363 e. The number of rotatable bonds is 3. The Morgan fingerprint density at radius 1 is 0.895 bits per heavy atom. The third-order valence-electron chi connectivity index (χ3n) is 3.20.